The number of ether oxygens (including phenoxy) is 1. The maximum Gasteiger partial charge on any atom is 0.466 e. The van der Waals surface area contributed by atoms with E-state index in [1.807, 2.05) is 0 Å². The van der Waals surface area contributed by atoms with E-state index in [1.54, 1.807) is 0 Å². The molecule has 0 aromatic carbocycles. The normalized spacial score (nSPS) is 42.0. The molecule has 0 bridgehead atoms. The van der Waals surface area contributed by atoms with Crippen LogP contribution >= 0.6 is 0 Å². The van der Waals surface area contributed by atoms with Crippen molar-refractivity contribution in [2.24, 2.45) is 5.92 Å². The van der Waals surface area contributed by atoms with Gasteiger partial charge in [-0.15, -0.1) is 0 Å². The standard InChI is InChI=1S/C13H24BNO3/c1-11(2)12(3,4)18-14(17-11)13-5-6-16-8-10(13)7-15-9-13/h10,15H,5-9H2,1-4H3. The van der Waals surface area contributed by atoms with Gasteiger partial charge in [0.15, 0.2) is 0 Å². The molecule has 5 heteroatoms. The van der Waals surface area contributed by atoms with Crippen LogP contribution in [0.1, 0.15) is 34.1 Å². The van der Waals surface area contributed by atoms with Gasteiger partial charge < -0.3 is 19.4 Å². The summed E-state index contributed by atoms with van der Waals surface area (Å²) in [6.45, 7) is 12.2. The van der Waals surface area contributed by atoms with Crippen molar-refractivity contribution in [1.29, 1.82) is 0 Å². The Morgan fingerprint density at radius 3 is 2.44 bits per heavy atom. The van der Waals surface area contributed by atoms with E-state index in [0.29, 0.717) is 5.92 Å². The monoisotopic (exact) mass is 253 g/mol. The van der Waals surface area contributed by atoms with Crippen LogP contribution in [-0.2, 0) is 14.0 Å². The SMILES string of the molecule is CC1(C)OB(C23CCOCC2CNC3)OC1(C)C. The Hall–Kier alpha value is -0.0951. The summed E-state index contributed by atoms with van der Waals surface area (Å²) in [5.41, 5.74) is -0.476. The van der Waals surface area contributed by atoms with E-state index in [2.05, 4.69) is 33.0 Å². The summed E-state index contributed by atoms with van der Waals surface area (Å²) < 4.78 is 18.2. The average Bonchev–Trinajstić information content (AvgIpc) is 2.79. The second-order valence-corrected chi connectivity index (χ2v) is 6.97. The quantitative estimate of drug-likeness (QED) is 0.718. The first-order valence-electron chi connectivity index (χ1n) is 7.02. The minimum Gasteiger partial charge on any atom is -0.403 e. The van der Waals surface area contributed by atoms with Crippen LogP contribution in [0, 0.1) is 5.92 Å². The second kappa shape index (κ2) is 3.95. The van der Waals surface area contributed by atoms with Crippen molar-refractivity contribution in [3.8, 4) is 0 Å². The van der Waals surface area contributed by atoms with Gasteiger partial charge >= 0.3 is 7.12 Å². The zero-order chi connectivity index (χ0) is 13.0. The molecule has 3 aliphatic rings. The molecule has 4 nitrogen and oxygen atoms in total. The Labute approximate surface area is 110 Å². The van der Waals surface area contributed by atoms with Gasteiger partial charge in [-0.3, -0.25) is 0 Å². The molecular weight excluding hydrogens is 229 g/mol. The number of rotatable bonds is 1. The molecule has 18 heavy (non-hydrogen) atoms. The first-order chi connectivity index (χ1) is 8.37. The molecule has 0 radical (unpaired) electrons. The van der Waals surface area contributed by atoms with Gasteiger partial charge in [-0.1, -0.05) is 0 Å². The van der Waals surface area contributed by atoms with Crippen LogP contribution in [0.4, 0.5) is 0 Å². The molecule has 3 heterocycles. The third-order valence-electron chi connectivity index (χ3n) is 5.41. The summed E-state index contributed by atoms with van der Waals surface area (Å²) in [6.07, 6.45) is 1.03. The van der Waals surface area contributed by atoms with Crippen LogP contribution in [0.2, 0.25) is 5.31 Å². The lowest BCUT2D eigenvalue weighted by Crippen LogP contribution is -2.46. The van der Waals surface area contributed by atoms with E-state index in [4.69, 9.17) is 14.0 Å². The summed E-state index contributed by atoms with van der Waals surface area (Å²) in [7, 11) is -0.105. The van der Waals surface area contributed by atoms with Gasteiger partial charge in [-0.05, 0) is 40.7 Å². The summed E-state index contributed by atoms with van der Waals surface area (Å²) in [4.78, 5) is 0. The Balaban J connectivity index is 1.87. The van der Waals surface area contributed by atoms with Gasteiger partial charge in [0.1, 0.15) is 0 Å². The minimum absolute atomic E-state index is 0.100. The van der Waals surface area contributed by atoms with Crippen molar-refractivity contribution in [1.82, 2.24) is 5.32 Å². The highest BCUT2D eigenvalue weighted by atomic mass is 16.7. The highest BCUT2D eigenvalue weighted by Gasteiger charge is 2.63. The number of nitrogens with one attached hydrogen (secondary N) is 1. The second-order valence-electron chi connectivity index (χ2n) is 6.97. The molecule has 0 saturated carbocycles. The zero-order valence-corrected chi connectivity index (χ0v) is 11.9. The van der Waals surface area contributed by atoms with Gasteiger partial charge in [-0.2, -0.15) is 0 Å². The Kier molecular flexibility index (Phi) is 2.83. The molecule has 0 aromatic rings. The van der Waals surface area contributed by atoms with Crippen molar-refractivity contribution in [2.75, 3.05) is 26.3 Å². The van der Waals surface area contributed by atoms with Crippen LogP contribution in [0.3, 0.4) is 0 Å². The summed E-state index contributed by atoms with van der Waals surface area (Å²) in [5, 5.41) is 3.60. The summed E-state index contributed by atoms with van der Waals surface area (Å²) in [5.74, 6) is 0.515. The first kappa shape index (κ1) is 12.9. The third-order valence-corrected chi connectivity index (χ3v) is 5.41. The van der Waals surface area contributed by atoms with Gasteiger partial charge in [0, 0.05) is 24.4 Å². The molecule has 3 rings (SSSR count). The summed E-state index contributed by atoms with van der Waals surface area (Å²) >= 11 is 0. The van der Waals surface area contributed by atoms with Crippen molar-refractivity contribution in [3.05, 3.63) is 0 Å². The largest absolute Gasteiger partial charge is 0.466 e. The molecule has 2 atom stereocenters. The molecule has 1 N–H and O–H groups in total. The lowest BCUT2D eigenvalue weighted by Gasteiger charge is -2.39. The van der Waals surface area contributed by atoms with E-state index in [9.17, 15) is 0 Å². The number of hydrogen-bond donors (Lipinski definition) is 1. The number of hydrogen-bond acceptors (Lipinski definition) is 4. The average molecular weight is 253 g/mol. The fraction of sp³-hybridized carbons (Fsp3) is 1.00. The van der Waals surface area contributed by atoms with Crippen molar-refractivity contribution in [2.45, 2.75) is 50.6 Å². The first-order valence-corrected chi connectivity index (χ1v) is 7.02. The molecule has 3 saturated heterocycles. The van der Waals surface area contributed by atoms with Gasteiger partial charge in [0.25, 0.3) is 0 Å². The van der Waals surface area contributed by atoms with Crippen LogP contribution in [-0.4, -0.2) is 44.6 Å². The number of fused-ring (bicyclic) bond motifs is 1. The topological polar surface area (TPSA) is 39.7 Å². The van der Waals surface area contributed by atoms with Gasteiger partial charge in [0.05, 0.1) is 17.8 Å². The highest BCUT2D eigenvalue weighted by Crippen LogP contribution is 2.53. The summed E-state index contributed by atoms with van der Waals surface area (Å²) in [6, 6.07) is 0. The van der Waals surface area contributed by atoms with Crippen LogP contribution in [0.15, 0.2) is 0 Å². The molecule has 0 aliphatic carbocycles. The minimum atomic E-state index is -0.238. The zero-order valence-electron chi connectivity index (χ0n) is 11.9. The van der Waals surface area contributed by atoms with E-state index < -0.39 is 0 Å². The molecular formula is C13H24BNO3. The van der Waals surface area contributed by atoms with Crippen LogP contribution in [0.5, 0.6) is 0 Å². The molecule has 0 aromatic heterocycles. The fourth-order valence-electron chi connectivity index (χ4n) is 3.30. The maximum atomic E-state index is 6.29. The van der Waals surface area contributed by atoms with Crippen molar-refractivity contribution < 1.29 is 14.0 Å². The fourth-order valence-corrected chi connectivity index (χ4v) is 3.30. The maximum absolute atomic E-state index is 6.29. The van der Waals surface area contributed by atoms with Gasteiger partial charge in [-0.25, -0.2) is 0 Å². The lowest BCUT2D eigenvalue weighted by molar-refractivity contribution is 0.00578. The van der Waals surface area contributed by atoms with E-state index in [0.717, 1.165) is 32.7 Å². The Morgan fingerprint density at radius 2 is 1.78 bits per heavy atom. The van der Waals surface area contributed by atoms with Crippen LogP contribution in [0.25, 0.3) is 0 Å². The van der Waals surface area contributed by atoms with Gasteiger partial charge in [0.2, 0.25) is 0 Å². The smallest absolute Gasteiger partial charge is 0.403 e. The lowest BCUT2D eigenvalue weighted by atomic mass is 9.50. The van der Waals surface area contributed by atoms with E-state index in [-0.39, 0.29) is 23.6 Å². The Morgan fingerprint density at radius 1 is 1.11 bits per heavy atom. The van der Waals surface area contributed by atoms with Crippen LogP contribution < -0.4 is 5.32 Å². The Bertz CT molecular complexity index is 331. The molecule has 0 spiro atoms. The predicted octanol–water partition coefficient (Wildman–Crippen LogP) is 1.46. The predicted molar refractivity (Wildman–Crippen MR) is 70.6 cm³/mol. The highest BCUT2D eigenvalue weighted by molar-refractivity contribution is 6.50. The molecule has 3 aliphatic heterocycles. The van der Waals surface area contributed by atoms with Crippen molar-refractivity contribution >= 4 is 7.12 Å². The molecule has 3 fully saturated rings. The van der Waals surface area contributed by atoms with E-state index in [1.165, 1.54) is 0 Å². The molecule has 102 valence electrons. The van der Waals surface area contributed by atoms with Crippen molar-refractivity contribution in [3.63, 3.8) is 0 Å². The third kappa shape index (κ3) is 1.68. The van der Waals surface area contributed by atoms with E-state index >= 15 is 0 Å². The molecule has 0 amide bonds. The molecule has 2 unspecified atom stereocenters.